The molecule has 0 heterocycles. The van der Waals surface area contributed by atoms with Gasteiger partial charge < -0.3 is 38.5 Å². The Kier molecular flexibility index (Phi) is 74.5. The Morgan fingerprint density at radius 1 is 0.500 bits per heavy atom. The van der Waals surface area contributed by atoms with Crippen LogP contribution >= 0.6 is 15.6 Å². The van der Waals surface area contributed by atoms with Crippen LogP contribution in [-0.2, 0) is 117 Å². The van der Waals surface area contributed by atoms with Gasteiger partial charge in [0.2, 0.25) is 0 Å². The summed E-state index contributed by atoms with van der Waals surface area (Å²) in [5.74, 6) is 0. The van der Waals surface area contributed by atoms with E-state index in [9.17, 15) is 0 Å². The maximum atomic E-state index is 8.55. The van der Waals surface area contributed by atoms with Gasteiger partial charge in [-0.2, -0.15) is 15.6 Å². The summed E-state index contributed by atoms with van der Waals surface area (Å²) in [6.45, 7) is 0. The molecule has 0 aliphatic carbocycles. The molecule has 0 aromatic carbocycles. The normalized spacial score (nSPS) is 7.38. The maximum absolute atomic E-state index is 8.55. The molecule has 0 unspecified atom stereocenters. The van der Waals surface area contributed by atoms with Gasteiger partial charge in [-0.3, -0.25) is 0 Å². The fourth-order valence-corrected chi connectivity index (χ4v) is 0. The second-order valence-electron chi connectivity index (χ2n) is 0.894. The van der Waals surface area contributed by atoms with Crippen LogP contribution in [0.15, 0.2) is 0 Å². The van der Waals surface area contributed by atoms with Crippen LogP contribution in [0.1, 0.15) is 0 Å². The van der Waals surface area contributed by atoms with Gasteiger partial charge in [-0.15, -0.1) is 0 Å². The molecule has 0 atom stereocenters. The van der Waals surface area contributed by atoms with Crippen LogP contribution in [0.3, 0.4) is 0 Å². The molecule has 0 bridgehead atoms. The van der Waals surface area contributed by atoms with Crippen LogP contribution in [0, 0.1) is 0 Å². The standard InChI is InChI=1S/3Ni.2H3O4P.3Zn/c;;;2*1-5(2,3)4;;;/h;;;2*(H3,1,2,3,4);;;/q;;;;;3*+2/p-6. The van der Waals surface area contributed by atoms with Crippen molar-refractivity contribution in [3.8, 4) is 0 Å². The van der Waals surface area contributed by atoms with E-state index in [1.165, 1.54) is 0 Å². The Hall–Kier alpha value is 3.57. The van der Waals surface area contributed by atoms with Crippen molar-refractivity contribution in [1.29, 1.82) is 0 Å². The van der Waals surface area contributed by atoms with Gasteiger partial charge in [0.1, 0.15) is 0 Å². The van der Waals surface area contributed by atoms with Crippen LogP contribution in [0.4, 0.5) is 0 Å². The summed E-state index contributed by atoms with van der Waals surface area (Å²) in [6, 6.07) is 0. The van der Waals surface area contributed by atoms with Gasteiger partial charge in [0.05, 0.1) is 0 Å². The average Bonchev–Trinajstić information content (AvgIpc) is 1.12. The van der Waals surface area contributed by atoms with Gasteiger partial charge in [-0.25, -0.2) is 0 Å². The van der Waals surface area contributed by atoms with Crippen molar-refractivity contribution in [3.05, 3.63) is 0 Å². The predicted molar refractivity (Wildman–Crippen MR) is 15.2 cm³/mol. The summed E-state index contributed by atoms with van der Waals surface area (Å²) in [7, 11) is -10.8. The van der Waals surface area contributed by atoms with E-state index >= 15 is 0 Å². The summed E-state index contributed by atoms with van der Waals surface area (Å²) in [4.78, 5) is 51.3. The van der Waals surface area contributed by atoms with Crippen LogP contribution in [0.2, 0.25) is 0 Å². The molecule has 8 nitrogen and oxygen atoms in total. The van der Waals surface area contributed by atoms with E-state index in [-0.39, 0.29) is 108 Å². The minimum absolute atomic E-state index is 0. The molecule has 0 saturated carbocycles. The zero-order valence-electron chi connectivity index (χ0n) is 7.23. The van der Waals surface area contributed by atoms with Gasteiger partial charge in [0, 0.05) is 49.5 Å². The van der Waals surface area contributed by atoms with Crippen LogP contribution < -0.4 is 29.4 Å². The topological polar surface area (TPSA) is 172 Å². The summed E-state index contributed by atoms with van der Waals surface area (Å²) in [6.07, 6.45) is 0. The van der Waals surface area contributed by atoms with E-state index in [0.717, 1.165) is 0 Å². The molecule has 0 aliphatic rings. The number of rotatable bonds is 0. The zero-order chi connectivity index (χ0) is 9.00. The van der Waals surface area contributed by atoms with Crippen molar-refractivity contribution in [2.24, 2.45) is 0 Å². The van der Waals surface area contributed by atoms with Crippen molar-refractivity contribution in [2.45, 2.75) is 0 Å². The smallest absolute Gasteiger partial charge is 0.822 e. The maximum Gasteiger partial charge on any atom is 2.00 e. The van der Waals surface area contributed by atoms with E-state index in [4.69, 9.17) is 38.5 Å². The fraction of sp³-hybridized carbons (Fsp3) is 0. The Bertz CT molecular complexity index is 141. The minimum atomic E-state index is -5.39. The summed E-state index contributed by atoms with van der Waals surface area (Å²) >= 11 is 0. The Morgan fingerprint density at radius 3 is 0.500 bits per heavy atom. The third-order valence-corrected chi connectivity index (χ3v) is 0. The quantitative estimate of drug-likeness (QED) is 0.208. The molecule has 0 saturated heterocycles. The zero-order valence-corrected chi connectivity index (χ0v) is 20.9. The van der Waals surface area contributed by atoms with Gasteiger partial charge in [0.25, 0.3) is 0 Å². The number of phosphoric acid groups is 2. The van der Waals surface area contributed by atoms with E-state index in [1.54, 1.807) is 0 Å². The molecule has 0 fully saturated rings. The monoisotopic (exact) mass is 556 g/mol. The second-order valence-corrected chi connectivity index (χ2v) is 2.68. The first kappa shape index (κ1) is 50.4. The van der Waals surface area contributed by atoms with Gasteiger partial charge >= 0.3 is 58.4 Å². The molecule has 0 radical (unpaired) electrons. The van der Waals surface area contributed by atoms with Gasteiger partial charge in [0.15, 0.2) is 0 Å². The van der Waals surface area contributed by atoms with Gasteiger partial charge in [-0.1, -0.05) is 0 Å². The molecule has 94 valence electrons. The van der Waals surface area contributed by atoms with E-state index in [1.807, 2.05) is 0 Å². The van der Waals surface area contributed by atoms with Crippen molar-refractivity contribution < 1.29 is 146 Å². The Balaban J connectivity index is -0.00000000970. The first-order chi connectivity index (χ1) is 4.00. The third kappa shape index (κ3) is 378. The number of hydrogen-bond donors (Lipinski definition) is 0. The second kappa shape index (κ2) is 23.6. The molecule has 0 spiro atoms. The molecular weight excluding hydrogens is 562 g/mol. The van der Waals surface area contributed by atoms with Crippen LogP contribution in [0.5, 0.6) is 0 Å². The number of hydrogen-bond acceptors (Lipinski definition) is 8. The molecule has 16 heteroatoms. The van der Waals surface area contributed by atoms with Crippen molar-refractivity contribution in [1.82, 2.24) is 0 Å². The van der Waals surface area contributed by atoms with E-state index in [0.29, 0.717) is 0 Å². The Labute approximate surface area is 160 Å². The summed E-state index contributed by atoms with van der Waals surface area (Å²) in [5.41, 5.74) is 0. The molecule has 0 aromatic heterocycles. The largest absolute Gasteiger partial charge is 2.00 e. The summed E-state index contributed by atoms with van der Waals surface area (Å²) in [5, 5.41) is 0. The van der Waals surface area contributed by atoms with Crippen LogP contribution in [0.25, 0.3) is 0 Å². The molecule has 0 aliphatic heterocycles. The first-order valence-electron chi connectivity index (χ1n) is 1.46. The molecule has 0 amide bonds. The average molecular weight is 562 g/mol. The van der Waals surface area contributed by atoms with E-state index in [2.05, 4.69) is 0 Å². The SMILES string of the molecule is O=P([O-])([O-])[O-].O=P([O-])([O-])[O-].[Ni].[Ni].[Ni].[Zn+2].[Zn+2].[Zn+2]. The fourth-order valence-electron chi connectivity index (χ4n) is 0. The molecule has 0 rings (SSSR count). The van der Waals surface area contributed by atoms with Gasteiger partial charge in [-0.05, 0) is 0 Å². The third-order valence-electron chi connectivity index (χ3n) is 0. The molecular formula is Ni3O8P2Zn3. The van der Waals surface area contributed by atoms with Crippen molar-refractivity contribution in [3.63, 3.8) is 0 Å². The summed E-state index contributed by atoms with van der Waals surface area (Å²) < 4.78 is 17.1. The van der Waals surface area contributed by atoms with Crippen molar-refractivity contribution >= 4 is 15.6 Å². The predicted octanol–water partition coefficient (Wildman–Crippen LogP) is -5.66. The first-order valence-corrected chi connectivity index (χ1v) is 4.38. The van der Waals surface area contributed by atoms with Crippen molar-refractivity contribution in [2.75, 3.05) is 0 Å². The van der Waals surface area contributed by atoms with E-state index < -0.39 is 15.6 Å². The molecule has 16 heavy (non-hydrogen) atoms. The van der Waals surface area contributed by atoms with Crippen LogP contribution in [-0.4, -0.2) is 0 Å². The molecule has 0 N–H and O–H groups in total. The molecule has 0 aromatic rings. The minimum Gasteiger partial charge on any atom is -0.822 e. The Morgan fingerprint density at radius 2 is 0.500 bits per heavy atom.